The topological polar surface area (TPSA) is 26.3 Å². The molecular weight excluding hydrogens is 159 g/mol. The Balaban J connectivity index is 2.82. The molecule has 0 spiro atoms. The fraction of sp³-hybridized carbons (Fsp3) is 0.125. The normalized spacial score (nSPS) is 12.5. The predicted molar refractivity (Wildman–Crippen MR) is 46.8 cm³/mol. The molecule has 1 aromatic rings. The van der Waals surface area contributed by atoms with Gasteiger partial charge in [0, 0.05) is 12.4 Å². The molecule has 58 valence electrons. The molecule has 1 aromatic carbocycles. The second kappa shape index (κ2) is 4.22. The van der Waals surface area contributed by atoms with Crippen molar-refractivity contribution in [2.24, 2.45) is 0 Å². The lowest BCUT2D eigenvalue weighted by molar-refractivity contribution is 0.471. The maximum Gasteiger partial charge on any atom is 0.173 e. The third-order valence-corrected chi connectivity index (χ3v) is 2.70. The van der Waals surface area contributed by atoms with Gasteiger partial charge in [-0.2, -0.15) is 0 Å². The Labute approximate surface area is 67.0 Å². The van der Waals surface area contributed by atoms with Gasteiger partial charge in [0.2, 0.25) is 0 Å². The van der Waals surface area contributed by atoms with Crippen LogP contribution in [-0.4, -0.2) is 13.1 Å². The lowest BCUT2D eigenvalue weighted by Gasteiger charge is -2.05. The van der Waals surface area contributed by atoms with Gasteiger partial charge in [0.05, 0.1) is 0 Å². The van der Waals surface area contributed by atoms with Gasteiger partial charge in [-0.05, 0) is 0 Å². The average Bonchev–Trinajstić information content (AvgIpc) is 2.09. The lowest BCUT2D eigenvalue weighted by atomic mass is 10.4. The van der Waals surface area contributed by atoms with Crippen LogP contribution in [-0.2, 0) is 9.32 Å². The Morgan fingerprint density at radius 3 is 2.45 bits per heavy atom. The highest BCUT2D eigenvalue weighted by Crippen LogP contribution is 2.29. The van der Waals surface area contributed by atoms with Crippen LogP contribution in [0.25, 0.3) is 0 Å². The van der Waals surface area contributed by atoms with Gasteiger partial charge in [-0.1, -0.05) is 30.3 Å². The van der Waals surface area contributed by atoms with Crippen molar-refractivity contribution in [2.75, 3.05) is 7.11 Å². The van der Waals surface area contributed by atoms with Gasteiger partial charge in [0.15, 0.2) is 6.03 Å². The molecule has 2 nitrogen and oxygen atoms in total. The highest BCUT2D eigenvalue weighted by Gasteiger charge is 2.06. The van der Waals surface area contributed by atoms with Gasteiger partial charge in [-0.15, -0.1) is 0 Å². The van der Waals surface area contributed by atoms with Crippen LogP contribution < -0.4 is 5.30 Å². The summed E-state index contributed by atoms with van der Waals surface area (Å²) >= 11 is 0. The van der Waals surface area contributed by atoms with Crippen LogP contribution in [0.5, 0.6) is 0 Å². The largest absolute Gasteiger partial charge is 0.350 e. The summed E-state index contributed by atoms with van der Waals surface area (Å²) in [5.74, 6) is 0. The molecular formula is C8H9O2P. The van der Waals surface area contributed by atoms with Gasteiger partial charge < -0.3 is 4.52 Å². The second-order valence-corrected chi connectivity index (χ2v) is 3.69. The van der Waals surface area contributed by atoms with E-state index in [9.17, 15) is 4.79 Å². The summed E-state index contributed by atoms with van der Waals surface area (Å²) in [6, 6.07) is 10.3. The molecule has 0 aliphatic heterocycles. The van der Waals surface area contributed by atoms with Crippen molar-refractivity contribution in [1.82, 2.24) is 0 Å². The van der Waals surface area contributed by atoms with Crippen molar-refractivity contribution in [1.29, 1.82) is 0 Å². The summed E-state index contributed by atoms with van der Waals surface area (Å²) < 4.78 is 4.98. The molecule has 0 N–H and O–H groups in total. The van der Waals surface area contributed by atoms with Crippen molar-refractivity contribution in [3.63, 3.8) is 0 Å². The van der Waals surface area contributed by atoms with E-state index in [1.165, 1.54) is 0 Å². The monoisotopic (exact) mass is 168 g/mol. The molecule has 0 bridgehead atoms. The molecule has 1 atom stereocenters. The number of carbonyl (C=O) groups is 1. The first-order valence-corrected chi connectivity index (χ1v) is 4.55. The standard InChI is InChI=1S/C8H9O2P/c1-10-11(7-9)8-5-3-2-4-6-8/h2-7H,1H3. The van der Waals surface area contributed by atoms with Crippen LogP contribution in [0.3, 0.4) is 0 Å². The van der Waals surface area contributed by atoms with Gasteiger partial charge in [-0.3, -0.25) is 4.79 Å². The molecule has 0 amide bonds. The van der Waals surface area contributed by atoms with Crippen LogP contribution in [0.15, 0.2) is 30.3 Å². The highest BCUT2D eigenvalue weighted by molar-refractivity contribution is 7.75. The van der Waals surface area contributed by atoms with E-state index >= 15 is 0 Å². The van der Waals surface area contributed by atoms with E-state index in [-0.39, 0.29) is 0 Å². The van der Waals surface area contributed by atoms with Crippen molar-refractivity contribution in [3.8, 4) is 0 Å². The minimum Gasteiger partial charge on any atom is -0.350 e. The van der Waals surface area contributed by atoms with E-state index in [1.54, 1.807) is 7.11 Å². The molecule has 1 unspecified atom stereocenters. The maximum atomic E-state index is 10.4. The Kier molecular flexibility index (Phi) is 3.21. The summed E-state index contributed by atoms with van der Waals surface area (Å²) in [5, 5.41) is 0.958. The van der Waals surface area contributed by atoms with E-state index in [4.69, 9.17) is 4.52 Å². The summed E-state index contributed by atoms with van der Waals surface area (Å²) in [5.41, 5.74) is 0. The van der Waals surface area contributed by atoms with E-state index in [0.29, 0.717) is 0 Å². The lowest BCUT2D eigenvalue weighted by Crippen LogP contribution is -2.00. The van der Waals surface area contributed by atoms with Crippen molar-refractivity contribution in [3.05, 3.63) is 30.3 Å². The molecule has 0 aliphatic carbocycles. The Morgan fingerprint density at radius 2 is 2.00 bits per heavy atom. The Bertz CT molecular complexity index is 223. The molecule has 0 saturated carbocycles. The Hall–Kier alpha value is -0.720. The van der Waals surface area contributed by atoms with Crippen molar-refractivity contribution < 1.29 is 9.32 Å². The molecule has 1 rings (SSSR count). The van der Waals surface area contributed by atoms with Crippen LogP contribution in [0.4, 0.5) is 0 Å². The van der Waals surface area contributed by atoms with Crippen LogP contribution >= 0.6 is 8.15 Å². The Morgan fingerprint density at radius 1 is 1.36 bits per heavy atom. The molecule has 3 heteroatoms. The molecule has 0 fully saturated rings. The molecule has 0 aromatic heterocycles. The second-order valence-electron chi connectivity index (χ2n) is 1.95. The molecule has 0 radical (unpaired) electrons. The summed E-state index contributed by atoms with van der Waals surface area (Å²) in [7, 11) is 0.517. The highest BCUT2D eigenvalue weighted by atomic mass is 31.1. The van der Waals surface area contributed by atoms with Crippen LogP contribution in [0.1, 0.15) is 0 Å². The zero-order valence-electron chi connectivity index (χ0n) is 6.23. The summed E-state index contributed by atoms with van der Waals surface area (Å²) in [4.78, 5) is 10.4. The maximum absolute atomic E-state index is 10.4. The van der Waals surface area contributed by atoms with Crippen LogP contribution in [0, 0.1) is 0 Å². The van der Waals surface area contributed by atoms with E-state index < -0.39 is 8.15 Å². The molecule has 0 saturated heterocycles. The van der Waals surface area contributed by atoms with E-state index in [2.05, 4.69) is 0 Å². The van der Waals surface area contributed by atoms with Crippen molar-refractivity contribution >= 4 is 19.5 Å². The quantitative estimate of drug-likeness (QED) is 0.505. The van der Waals surface area contributed by atoms with Crippen LogP contribution in [0.2, 0.25) is 0 Å². The SMILES string of the molecule is COP(C=O)c1ccccc1. The zero-order chi connectivity index (χ0) is 8.10. The fourth-order valence-electron chi connectivity index (χ4n) is 0.784. The number of carbonyl (C=O) groups excluding carboxylic acids is 1. The van der Waals surface area contributed by atoms with E-state index in [0.717, 1.165) is 11.3 Å². The molecule has 0 aliphatic rings. The van der Waals surface area contributed by atoms with Crippen molar-refractivity contribution in [2.45, 2.75) is 0 Å². The van der Waals surface area contributed by atoms with Gasteiger partial charge >= 0.3 is 0 Å². The number of hydrogen-bond acceptors (Lipinski definition) is 2. The summed E-state index contributed by atoms with van der Waals surface area (Å²) in [6.07, 6.45) is 0. The predicted octanol–water partition coefficient (Wildman–Crippen LogP) is 1.55. The first-order chi connectivity index (χ1) is 5.38. The average molecular weight is 168 g/mol. The number of rotatable bonds is 3. The zero-order valence-corrected chi connectivity index (χ0v) is 7.12. The third-order valence-electron chi connectivity index (χ3n) is 1.30. The minimum atomic E-state index is -1.03. The smallest absolute Gasteiger partial charge is 0.173 e. The molecule has 11 heavy (non-hydrogen) atoms. The van der Waals surface area contributed by atoms with Gasteiger partial charge in [0.25, 0.3) is 0 Å². The van der Waals surface area contributed by atoms with E-state index in [1.807, 2.05) is 30.3 Å². The molecule has 0 heterocycles. The minimum absolute atomic E-state index is 0.852. The number of benzene rings is 1. The first-order valence-electron chi connectivity index (χ1n) is 3.22. The number of hydrogen-bond donors (Lipinski definition) is 0. The first kappa shape index (κ1) is 8.38. The summed E-state index contributed by atoms with van der Waals surface area (Å²) in [6.45, 7) is 0. The van der Waals surface area contributed by atoms with Gasteiger partial charge in [0.1, 0.15) is 8.15 Å². The fourth-order valence-corrected chi connectivity index (χ4v) is 1.67. The third kappa shape index (κ3) is 2.11. The van der Waals surface area contributed by atoms with Gasteiger partial charge in [-0.25, -0.2) is 0 Å².